The quantitative estimate of drug-likeness (QED) is 0.718. The van der Waals surface area contributed by atoms with Crippen LogP contribution in [0.25, 0.3) is 0 Å². The minimum absolute atomic E-state index is 0.549. The molecule has 92 valence electrons. The molecule has 0 spiro atoms. The Morgan fingerprint density at radius 2 is 1.94 bits per heavy atom. The molecule has 0 bridgehead atoms. The zero-order chi connectivity index (χ0) is 11.7. The Morgan fingerprint density at radius 3 is 2.82 bits per heavy atom. The highest BCUT2D eigenvalue weighted by Gasteiger charge is 2.33. The van der Waals surface area contributed by atoms with Crippen molar-refractivity contribution >= 4 is 17.4 Å². The molecule has 1 aromatic heterocycles. The summed E-state index contributed by atoms with van der Waals surface area (Å²) in [4.78, 5) is 10.8. The van der Waals surface area contributed by atoms with E-state index in [0.29, 0.717) is 11.2 Å². The van der Waals surface area contributed by atoms with Gasteiger partial charge in [-0.05, 0) is 31.6 Å². The zero-order valence-corrected chi connectivity index (χ0v) is 10.7. The van der Waals surface area contributed by atoms with Crippen LogP contribution >= 0.6 is 11.6 Å². The van der Waals surface area contributed by atoms with Crippen molar-refractivity contribution < 1.29 is 0 Å². The van der Waals surface area contributed by atoms with Crippen LogP contribution in [0.2, 0.25) is 5.15 Å². The molecule has 1 saturated carbocycles. The summed E-state index contributed by atoms with van der Waals surface area (Å²) in [6, 6.07) is 2.59. The second-order valence-corrected chi connectivity index (χ2v) is 5.53. The van der Waals surface area contributed by atoms with Gasteiger partial charge in [-0.15, -0.1) is 0 Å². The lowest BCUT2D eigenvalue weighted by atomic mass is 9.78. The Bertz CT molecular complexity index is 394. The van der Waals surface area contributed by atoms with E-state index in [1.807, 2.05) is 6.07 Å². The topological polar surface area (TPSA) is 29.0 Å². The number of hydrogen-bond acceptors (Lipinski definition) is 3. The molecule has 2 atom stereocenters. The fraction of sp³-hybridized carbons (Fsp3) is 0.692. The van der Waals surface area contributed by atoms with Crippen LogP contribution in [-0.4, -0.2) is 22.6 Å². The van der Waals surface area contributed by atoms with Crippen molar-refractivity contribution in [2.45, 2.75) is 44.6 Å². The number of fused-ring (bicyclic) bond motifs is 1. The number of piperidine rings is 1. The average molecular weight is 252 g/mol. The van der Waals surface area contributed by atoms with Crippen molar-refractivity contribution in [3.8, 4) is 0 Å². The SMILES string of the molecule is Clc1cc(N2CCC[C@@H]3CCCC[C@H]32)ncn1. The molecule has 0 aromatic carbocycles. The molecule has 2 fully saturated rings. The Morgan fingerprint density at radius 1 is 1.12 bits per heavy atom. The molecule has 0 unspecified atom stereocenters. The average Bonchev–Trinajstić information content (AvgIpc) is 2.38. The standard InChI is InChI=1S/C13H18ClN3/c14-12-8-13(16-9-15-12)17-7-3-5-10-4-1-2-6-11(10)17/h8-11H,1-7H2/t10-,11+/m0/s1. The Labute approximate surface area is 107 Å². The third kappa shape index (κ3) is 2.25. The molecule has 2 heterocycles. The summed E-state index contributed by atoms with van der Waals surface area (Å²) in [5.74, 6) is 1.88. The van der Waals surface area contributed by atoms with Gasteiger partial charge in [0.2, 0.25) is 0 Å². The molecule has 1 aliphatic heterocycles. The summed E-state index contributed by atoms with van der Waals surface area (Å²) < 4.78 is 0. The maximum atomic E-state index is 5.96. The predicted molar refractivity (Wildman–Crippen MR) is 69.4 cm³/mol. The van der Waals surface area contributed by atoms with E-state index in [-0.39, 0.29) is 0 Å². The van der Waals surface area contributed by atoms with Crippen molar-refractivity contribution in [1.29, 1.82) is 0 Å². The third-order valence-electron chi connectivity index (χ3n) is 4.16. The lowest BCUT2D eigenvalue weighted by molar-refractivity contribution is 0.242. The molecular formula is C13H18ClN3. The van der Waals surface area contributed by atoms with Gasteiger partial charge in [-0.3, -0.25) is 0 Å². The smallest absolute Gasteiger partial charge is 0.134 e. The number of rotatable bonds is 1. The fourth-order valence-electron chi connectivity index (χ4n) is 3.39. The first-order valence-corrected chi connectivity index (χ1v) is 6.96. The number of hydrogen-bond donors (Lipinski definition) is 0. The van der Waals surface area contributed by atoms with Crippen LogP contribution in [0.15, 0.2) is 12.4 Å². The van der Waals surface area contributed by atoms with Gasteiger partial charge < -0.3 is 4.90 Å². The summed E-state index contributed by atoms with van der Waals surface area (Å²) in [6.07, 6.45) is 9.70. The second kappa shape index (κ2) is 4.81. The molecule has 1 saturated heterocycles. The first-order valence-electron chi connectivity index (χ1n) is 6.59. The monoisotopic (exact) mass is 251 g/mol. The highest BCUT2D eigenvalue weighted by Crippen LogP contribution is 2.37. The Kier molecular flexibility index (Phi) is 3.19. The second-order valence-electron chi connectivity index (χ2n) is 5.15. The van der Waals surface area contributed by atoms with Crippen molar-refractivity contribution in [1.82, 2.24) is 9.97 Å². The summed E-state index contributed by atoms with van der Waals surface area (Å²) in [7, 11) is 0. The minimum Gasteiger partial charge on any atom is -0.353 e. The van der Waals surface area contributed by atoms with Crippen LogP contribution in [0.5, 0.6) is 0 Å². The summed E-state index contributed by atoms with van der Waals surface area (Å²) in [5.41, 5.74) is 0. The first-order chi connectivity index (χ1) is 8.34. The molecule has 4 heteroatoms. The lowest BCUT2D eigenvalue weighted by Gasteiger charge is -2.44. The molecular weight excluding hydrogens is 234 g/mol. The molecule has 1 aliphatic carbocycles. The van der Waals surface area contributed by atoms with Gasteiger partial charge >= 0.3 is 0 Å². The normalized spacial score (nSPS) is 28.9. The van der Waals surface area contributed by atoms with Gasteiger partial charge in [-0.1, -0.05) is 24.4 Å². The van der Waals surface area contributed by atoms with Crippen molar-refractivity contribution in [3.63, 3.8) is 0 Å². The van der Waals surface area contributed by atoms with Gasteiger partial charge in [0.1, 0.15) is 17.3 Å². The maximum absolute atomic E-state index is 5.96. The van der Waals surface area contributed by atoms with E-state index in [1.54, 1.807) is 6.33 Å². The van der Waals surface area contributed by atoms with Crippen LogP contribution in [0.1, 0.15) is 38.5 Å². The maximum Gasteiger partial charge on any atom is 0.134 e. The third-order valence-corrected chi connectivity index (χ3v) is 4.36. The molecule has 3 rings (SSSR count). The van der Waals surface area contributed by atoms with Crippen molar-refractivity contribution in [3.05, 3.63) is 17.5 Å². The lowest BCUT2D eigenvalue weighted by Crippen LogP contribution is -2.47. The zero-order valence-electron chi connectivity index (χ0n) is 9.98. The van der Waals surface area contributed by atoms with Crippen molar-refractivity contribution in [2.75, 3.05) is 11.4 Å². The van der Waals surface area contributed by atoms with Gasteiger partial charge in [0, 0.05) is 18.7 Å². The van der Waals surface area contributed by atoms with E-state index in [4.69, 9.17) is 11.6 Å². The Balaban J connectivity index is 1.85. The van der Waals surface area contributed by atoms with Gasteiger partial charge in [0.05, 0.1) is 0 Å². The van der Waals surface area contributed by atoms with Crippen LogP contribution in [0.4, 0.5) is 5.82 Å². The summed E-state index contributed by atoms with van der Waals surface area (Å²) in [5, 5.41) is 0.549. The van der Waals surface area contributed by atoms with Gasteiger partial charge in [-0.2, -0.15) is 0 Å². The van der Waals surface area contributed by atoms with Crippen LogP contribution in [0.3, 0.4) is 0 Å². The number of aromatic nitrogens is 2. The molecule has 3 nitrogen and oxygen atoms in total. The molecule has 0 N–H and O–H groups in total. The van der Waals surface area contributed by atoms with Crippen molar-refractivity contribution in [2.24, 2.45) is 5.92 Å². The van der Waals surface area contributed by atoms with E-state index < -0.39 is 0 Å². The first kappa shape index (κ1) is 11.3. The number of nitrogens with zero attached hydrogens (tertiary/aromatic N) is 3. The van der Waals surface area contributed by atoms with E-state index in [1.165, 1.54) is 38.5 Å². The summed E-state index contributed by atoms with van der Waals surface area (Å²) >= 11 is 5.96. The molecule has 17 heavy (non-hydrogen) atoms. The highest BCUT2D eigenvalue weighted by molar-refractivity contribution is 6.29. The van der Waals surface area contributed by atoms with E-state index in [2.05, 4.69) is 14.9 Å². The Hall–Kier alpha value is -0.830. The van der Waals surface area contributed by atoms with E-state index in [9.17, 15) is 0 Å². The molecule has 2 aliphatic rings. The minimum atomic E-state index is 0.549. The van der Waals surface area contributed by atoms with E-state index in [0.717, 1.165) is 18.3 Å². The van der Waals surface area contributed by atoms with Gasteiger partial charge in [0.25, 0.3) is 0 Å². The molecule has 1 aromatic rings. The largest absolute Gasteiger partial charge is 0.353 e. The predicted octanol–water partition coefficient (Wildman–Crippen LogP) is 3.29. The van der Waals surface area contributed by atoms with Gasteiger partial charge in [-0.25, -0.2) is 9.97 Å². The molecule has 0 amide bonds. The van der Waals surface area contributed by atoms with Gasteiger partial charge in [0.15, 0.2) is 0 Å². The number of anilines is 1. The van der Waals surface area contributed by atoms with Crippen LogP contribution in [-0.2, 0) is 0 Å². The highest BCUT2D eigenvalue weighted by atomic mass is 35.5. The number of halogens is 1. The molecule has 0 radical (unpaired) electrons. The summed E-state index contributed by atoms with van der Waals surface area (Å²) in [6.45, 7) is 1.12. The van der Waals surface area contributed by atoms with Crippen LogP contribution < -0.4 is 4.90 Å². The fourth-order valence-corrected chi connectivity index (χ4v) is 3.53. The van der Waals surface area contributed by atoms with Crippen LogP contribution in [0, 0.1) is 5.92 Å². The van der Waals surface area contributed by atoms with E-state index >= 15 is 0 Å².